The van der Waals surface area contributed by atoms with Crippen molar-refractivity contribution < 1.29 is 0 Å². The second-order valence-corrected chi connectivity index (χ2v) is 6.65. The summed E-state index contributed by atoms with van der Waals surface area (Å²) >= 11 is 0. The number of benzene rings is 1. The second kappa shape index (κ2) is 10.9. The Morgan fingerprint density at radius 1 is 1.00 bits per heavy atom. The van der Waals surface area contributed by atoms with Crippen molar-refractivity contribution >= 4 is 5.71 Å². The van der Waals surface area contributed by atoms with Gasteiger partial charge in [0, 0.05) is 24.4 Å². The first kappa shape index (κ1) is 21.2. The molecule has 2 heteroatoms. The van der Waals surface area contributed by atoms with Crippen LogP contribution in [0.4, 0.5) is 0 Å². The van der Waals surface area contributed by atoms with E-state index < -0.39 is 0 Å². The van der Waals surface area contributed by atoms with Gasteiger partial charge in [0.05, 0.1) is 11.9 Å². The first-order valence-electron chi connectivity index (χ1n) is 9.76. The molecule has 0 spiro atoms. The summed E-state index contributed by atoms with van der Waals surface area (Å²) in [5.41, 5.74) is 7.42. The number of aliphatic imine (C=N–C) groups is 1. The molecule has 0 bridgehead atoms. The molecule has 0 amide bonds. The van der Waals surface area contributed by atoms with Crippen molar-refractivity contribution in [2.75, 3.05) is 13.1 Å². The standard InChI is InChI=1S/C23H36N2/c1-8-15-25(16-9-2)22(18(5)6)17-24-19(7)23-20(10-3)13-12-14-21(23)11-4/h12-14,17H,5,8-11,15-16H2,1-4,6-7H3/b22-17+,24-19?. The summed E-state index contributed by atoms with van der Waals surface area (Å²) in [4.78, 5) is 7.28. The van der Waals surface area contributed by atoms with Crippen molar-refractivity contribution in [2.45, 2.75) is 67.2 Å². The molecular formula is C23H36N2. The number of hydrogen-bond acceptors (Lipinski definition) is 2. The van der Waals surface area contributed by atoms with E-state index in [9.17, 15) is 0 Å². The monoisotopic (exact) mass is 340 g/mol. The summed E-state index contributed by atoms with van der Waals surface area (Å²) in [7, 11) is 0. The lowest BCUT2D eigenvalue weighted by Gasteiger charge is -2.26. The Balaban J connectivity index is 3.30. The number of aryl methyl sites for hydroxylation is 2. The highest BCUT2D eigenvalue weighted by Crippen LogP contribution is 2.19. The summed E-state index contributed by atoms with van der Waals surface area (Å²) in [5, 5.41) is 0. The highest BCUT2D eigenvalue weighted by atomic mass is 15.1. The molecule has 0 heterocycles. The molecule has 0 aliphatic rings. The van der Waals surface area contributed by atoms with Gasteiger partial charge in [-0.1, -0.05) is 52.5 Å². The van der Waals surface area contributed by atoms with E-state index in [-0.39, 0.29) is 0 Å². The smallest absolute Gasteiger partial charge is 0.0576 e. The van der Waals surface area contributed by atoms with Gasteiger partial charge in [-0.05, 0) is 56.2 Å². The Hall–Kier alpha value is -1.83. The zero-order chi connectivity index (χ0) is 18.8. The van der Waals surface area contributed by atoms with E-state index in [4.69, 9.17) is 4.99 Å². The van der Waals surface area contributed by atoms with Crippen LogP contribution in [0, 0.1) is 0 Å². The maximum absolute atomic E-state index is 4.87. The van der Waals surface area contributed by atoms with Gasteiger partial charge in [0.1, 0.15) is 0 Å². The minimum Gasteiger partial charge on any atom is -0.370 e. The Morgan fingerprint density at radius 2 is 1.52 bits per heavy atom. The molecule has 0 fully saturated rings. The van der Waals surface area contributed by atoms with Gasteiger partial charge in [-0.3, -0.25) is 4.99 Å². The van der Waals surface area contributed by atoms with Crippen LogP contribution in [0.15, 0.2) is 47.2 Å². The number of rotatable bonds is 10. The zero-order valence-corrected chi connectivity index (χ0v) is 17.2. The van der Waals surface area contributed by atoms with Crippen LogP contribution in [-0.2, 0) is 12.8 Å². The van der Waals surface area contributed by atoms with Crippen LogP contribution in [0.3, 0.4) is 0 Å². The third-order valence-electron chi connectivity index (χ3n) is 4.51. The summed E-state index contributed by atoms with van der Waals surface area (Å²) < 4.78 is 0. The lowest BCUT2D eigenvalue weighted by atomic mass is 9.94. The van der Waals surface area contributed by atoms with E-state index in [1.165, 1.54) is 16.7 Å². The molecule has 2 nitrogen and oxygen atoms in total. The Morgan fingerprint density at radius 3 is 1.92 bits per heavy atom. The van der Waals surface area contributed by atoms with Gasteiger partial charge in [0.15, 0.2) is 0 Å². The fourth-order valence-corrected chi connectivity index (χ4v) is 3.28. The Kier molecular flexibility index (Phi) is 9.26. The average molecular weight is 341 g/mol. The van der Waals surface area contributed by atoms with Crippen LogP contribution in [0.25, 0.3) is 0 Å². The molecule has 25 heavy (non-hydrogen) atoms. The molecule has 1 aromatic rings. The van der Waals surface area contributed by atoms with E-state index >= 15 is 0 Å². The molecule has 0 N–H and O–H groups in total. The van der Waals surface area contributed by atoms with E-state index in [1.807, 2.05) is 6.20 Å². The minimum absolute atomic E-state index is 1.03. The molecule has 1 aromatic carbocycles. The highest BCUT2D eigenvalue weighted by Gasteiger charge is 2.11. The van der Waals surface area contributed by atoms with Crippen molar-refractivity contribution in [1.29, 1.82) is 0 Å². The van der Waals surface area contributed by atoms with E-state index in [1.54, 1.807) is 0 Å². The lowest BCUT2D eigenvalue weighted by molar-refractivity contribution is 0.350. The van der Waals surface area contributed by atoms with Crippen LogP contribution in [-0.4, -0.2) is 23.7 Å². The third kappa shape index (κ3) is 5.88. The van der Waals surface area contributed by atoms with Gasteiger partial charge in [0.2, 0.25) is 0 Å². The first-order chi connectivity index (χ1) is 12.0. The van der Waals surface area contributed by atoms with Crippen LogP contribution in [0.1, 0.15) is 71.1 Å². The maximum Gasteiger partial charge on any atom is 0.0576 e. The molecule has 0 aromatic heterocycles. The van der Waals surface area contributed by atoms with Gasteiger partial charge in [-0.25, -0.2) is 0 Å². The molecule has 0 aliphatic carbocycles. The van der Waals surface area contributed by atoms with Crippen LogP contribution in [0.2, 0.25) is 0 Å². The average Bonchev–Trinajstić information content (AvgIpc) is 2.60. The second-order valence-electron chi connectivity index (χ2n) is 6.65. The maximum atomic E-state index is 4.87. The van der Waals surface area contributed by atoms with Crippen molar-refractivity contribution in [3.63, 3.8) is 0 Å². The van der Waals surface area contributed by atoms with Gasteiger partial charge in [0.25, 0.3) is 0 Å². The van der Waals surface area contributed by atoms with Gasteiger partial charge >= 0.3 is 0 Å². The number of nitrogens with zero attached hydrogens (tertiary/aromatic N) is 2. The molecule has 138 valence electrons. The summed E-state index contributed by atoms with van der Waals surface area (Å²) in [6.45, 7) is 19.3. The predicted octanol–water partition coefficient (Wildman–Crippen LogP) is 6.16. The van der Waals surface area contributed by atoms with Crippen molar-refractivity contribution in [3.8, 4) is 0 Å². The van der Waals surface area contributed by atoms with Gasteiger partial charge < -0.3 is 4.90 Å². The summed E-state index contributed by atoms with van der Waals surface area (Å²) in [6, 6.07) is 6.60. The fourth-order valence-electron chi connectivity index (χ4n) is 3.28. The fraction of sp³-hybridized carbons (Fsp3) is 0.522. The van der Waals surface area contributed by atoms with Crippen LogP contribution in [0.5, 0.6) is 0 Å². The van der Waals surface area contributed by atoms with Crippen molar-refractivity contribution in [2.24, 2.45) is 4.99 Å². The predicted molar refractivity (Wildman–Crippen MR) is 112 cm³/mol. The number of allylic oxidation sites excluding steroid dienone is 1. The molecule has 1 rings (SSSR count). The topological polar surface area (TPSA) is 15.6 Å². The summed E-state index contributed by atoms with van der Waals surface area (Å²) in [6.07, 6.45) is 6.35. The van der Waals surface area contributed by atoms with Crippen LogP contribution >= 0.6 is 0 Å². The normalized spacial score (nSPS) is 12.4. The van der Waals surface area contributed by atoms with Crippen molar-refractivity contribution in [3.05, 3.63) is 58.9 Å². The zero-order valence-electron chi connectivity index (χ0n) is 17.2. The molecule has 0 atom stereocenters. The SMILES string of the molecule is C=C(C)/C(=C\N=C(C)c1c(CC)cccc1CC)N(CCC)CCC. The van der Waals surface area contributed by atoms with E-state index in [2.05, 4.69) is 71.2 Å². The lowest BCUT2D eigenvalue weighted by Crippen LogP contribution is -2.25. The molecule has 0 radical (unpaired) electrons. The van der Waals surface area contributed by atoms with Crippen molar-refractivity contribution in [1.82, 2.24) is 4.90 Å². The summed E-state index contributed by atoms with van der Waals surface area (Å²) in [5.74, 6) is 0. The third-order valence-corrected chi connectivity index (χ3v) is 4.51. The Labute approximate surface area is 155 Å². The molecule has 0 saturated heterocycles. The molecule has 0 aliphatic heterocycles. The highest BCUT2D eigenvalue weighted by molar-refractivity contribution is 6.01. The quantitative estimate of drug-likeness (QED) is 0.368. The minimum atomic E-state index is 1.03. The largest absolute Gasteiger partial charge is 0.370 e. The number of hydrogen-bond donors (Lipinski definition) is 0. The van der Waals surface area contributed by atoms with Gasteiger partial charge in [-0.2, -0.15) is 0 Å². The van der Waals surface area contributed by atoms with Gasteiger partial charge in [-0.15, -0.1) is 0 Å². The molecule has 0 saturated carbocycles. The first-order valence-corrected chi connectivity index (χ1v) is 9.76. The Bertz CT molecular complexity index is 595. The molecule has 0 unspecified atom stereocenters. The van der Waals surface area contributed by atoms with Crippen LogP contribution < -0.4 is 0 Å². The van der Waals surface area contributed by atoms with E-state index in [0.717, 1.165) is 55.8 Å². The van der Waals surface area contributed by atoms with E-state index in [0.29, 0.717) is 0 Å². The molecular weight excluding hydrogens is 304 g/mol.